The number of aliphatic hydroxyl groups is 1. The summed E-state index contributed by atoms with van der Waals surface area (Å²) in [5.74, 6) is 0. The molecule has 0 saturated carbocycles. The molecule has 6 rings (SSSR count). The number of pyridine rings is 1. The second kappa shape index (κ2) is 12.2. The van der Waals surface area contributed by atoms with Gasteiger partial charge in [-0.05, 0) is 81.5 Å². The highest BCUT2D eigenvalue weighted by Crippen LogP contribution is 2.42. The van der Waals surface area contributed by atoms with Crippen LogP contribution in [0.2, 0.25) is 5.02 Å². The first-order chi connectivity index (χ1) is 21.6. The molecule has 0 radical (unpaired) electrons. The predicted octanol–water partition coefficient (Wildman–Crippen LogP) is 7.54. The van der Waals surface area contributed by atoms with E-state index in [4.69, 9.17) is 11.6 Å². The van der Waals surface area contributed by atoms with Crippen LogP contribution in [-0.2, 0) is 30.7 Å². The van der Waals surface area contributed by atoms with E-state index in [9.17, 15) is 5.11 Å². The van der Waals surface area contributed by atoms with Gasteiger partial charge in [0, 0.05) is 64.3 Å². The van der Waals surface area contributed by atoms with E-state index in [-0.39, 0.29) is 5.54 Å². The molecule has 0 amide bonds. The maximum absolute atomic E-state index is 10.8. The molecule has 2 aromatic carbocycles. The van der Waals surface area contributed by atoms with Gasteiger partial charge in [-0.25, -0.2) is 0 Å². The van der Waals surface area contributed by atoms with Gasteiger partial charge in [-0.1, -0.05) is 66.2 Å². The van der Waals surface area contributed by atoms with Crippen molar-refractivity contribution in [3.05, 3.63) is 137 Å². The highest BCUT2D eigenvalue weighted by atomic mass is 35.5. The molecule has 4 heterocycles. The highest BCUT2D eigenvalue weighted by Gasteiger charge is 2.39. The number of hydrogen-bond donors (Lipinski definition) is 2. The van der Waals surface area contributed by atoms with Crippen molar-refractivity contribution in [1.29, 1.82) is 0 Å². The number of hydrogen-bond acceptors (Lipinski definition) is 5. The summed E-state index contributed by atoms with van der Waals surface area (Å²) in [5, 5.41) is 23.2. The zero-order valence-electron chi connectivity index (χ0n) is 26.3. The number of nitrogens with one attached hydrogen (secondary N) is 1. The van der Waals surface area contributed by atoms with Crippen LogP contribution in [0, 0.1) is 6.92 Å². The smallest absolute Gasteiger partial charge is 0.123 e. The second-order valence-electron chi connectivity index (χ2n) is 12.6. The van der Waals surface area contributed by atoms with Crippen molar-refractivity contribution in [3.63, 3.8) is 0 Å². The molecule has 1 atom stereocenters. The van der Waals surface area contributed by atoms with Crippen molar-refractivity contribution in [3.8, 4) is 16.8 Å². The number of nitrogens with zero attached hydrogens (tertiary/aromatic N) is 5. The van der Waals surface area contributed by atoms with Gasteiger partial charge in [0.1, 0.15) is 12.7 Å². The van der Waals surface area contributed by atoms with Gasteiger partial charge < -0.3 is 15.0 Å². The van der Waals surface area contributed by atoms with Crippen LogP contribution in [0.25, 0.3) is 22.9 Å². The molecular formula is C37H39ClN6O. The Bertz CT molecular complexity index is 1870. The third-order valence-corrected chi connectivity index (χ3v) is 9.19. The lowest BCUT2D eigenvalue weighted by atomic mass is 9.81. The van der Waals surface area contributed by atoms with Gasteiger partial charge >= 0.3 is 0 Å². The van der Waals surface area contributed by atoms with Crippen molar-refractivity contribution in [2.45, 2.75) is 64.8 Å². The van der Waals surface area contributed by atoms with Crippen molar-refractivity contribution >= 4 is 17.7 Å². The van der Waals surface area contributed by atoms with Gasteiger partial charge in [-0.15, -0.1) is 10.2 Å². The largest absolute Gasteiger partial charge is 0.386 e. The van der Waals surface area contributed by atoms with Crippen LogP contribution >= 0.6 is 11.6 Å². The lowest BCUT2D eigenvalue weighted by Crippen LogP contribution is -2.48. The minimum absolute atomic E-state index is 0.341. The molecular weight excluding hydrogens is 580 g/mol. The lowest BCUT2D eigenvalue weighted by Gasteiger charge is -2.41. The summed E-state index contributed by atoms with van der Waals surface area (Å²) in [6.45, 7) is 13.2. The Morgan fingerprint density at radius 1 is 1.11 bits per heavy atom. The molecule has 0 aliphatic carbocycles. The number of fused-ring (bicyclic) bond motifs is 1. The Hall–Kier alpha value is -4.30. The molecule has 0 unspecified atom stereocenters. The molecule has 230 valence electrons. The van der Waals surface area contributed by atoms with Crippen LogP contribution in [0.15, 0.2) is 97.9 Å². The van der Waals surface area contributed by atoms with E-state index in [0.717, 1.165) is 53.0 Å². The normalized spacial score (nSPS) is 16.7. The van der Waals surface area contributed by atoms with E-state index in [1.165, 1.54) is 22.4 Å². The van der Waals surface area contributed by atoms with Crippen molar-refractivity contribution in [2.24, 2.45) is 0 Å². The highest BCUT2D eigenvalue weighted by molar-refractivity contribution is 6.31. The van der Waals surface area contributed by atoms with Gasteiger partial charge in [0.15, 0.2) is 0 Å². The first-order valence-electron chi connectivity index (χ1n) is 15.2. The Labute approximate surface area is 269 Å². The summed E-state index contributed by atoms with van der Waals surface area (Å²) in [4.78, 5) is 4.54. The standard InChI is InChI=1S/C37H39ClN6O/c1-25(2)11-14-33-26(3)35(28-17-30(21-39-19-28)36(4,5)45)34-15-16-37(22-44(33)34,29-9-7-6-8-10-29)40-20-27-12-13-31(18-32(27)38)43-23-41-42-24-43/h6-14,17-19,21,23-24,40,45H,1,15-16,20,22H2,2-5H3/b14-11-/t37-/m1/s1. The second-order valence-corrected chi connectivity index (χ2v) is 13.0. The van der Waals surface area contributed by atoms with E-state index in [1.807, 2.05) is 29.8 Å². The summed E-state index contributed by atoms with van der Waals surface area (Å²) < 4.78 is 4.30. The predicted molar refractivity (Wildman–Crippen MR) is 181 cm³/mol. The molecule has 0 saturated heterocycles. The molecule has 7 nitrogen and oxygen atoms in total. The maximum Gasteiger partial charge on any atom is 0.123 e. The number of aromatic nitrogens is 5. The minimum atomic E-state index is -0.985. The lowest BCUT2D eigenvalue weighted by molar-refractivity contribution is 0.0783. The van der Waals surface area contributed by atoms with E-state index >= 15 is 0 Å². The molecule has 45 heavy (non-hydrogen) atoms. The number of rotatable bonds is 9. The summed E-state index contributed by atoms with van der Waals surface area (Å²) in [6, 6.07) is 18.8. The molecule has 0 fully saturated rings. The Morgan fingerprint density at radius 3 is 2.56 bits per heavy atom. The van der Waals surface area contributed by atoms with Crippen LogP contribution in [0.5, 0.6) is 0 Å². The van der Waals surface area contributed by atoms with E-state index in [0.29, 0.717) is 11.6 Å². The molecule has 8 heteroatoms. The van der Waals surface area contributed by atoms with Gasteiger partial charge in [0.05, 0.1) is 11.1 Å². The molecule has 0 bridgehead atoms. The minimum Gasteiger partial charge on any atom is -0.386 e. The summed E-state index contributed by atoms with van der Waals surface area (Å²) in [7, 11) is 0. The van der Waals surface area contributed by atoms with E-state index in [2.05, 4.69) is 93.2 Å². The SMILES string of the molecule is C=C(C)/C=C\c1c(C)c(-c2cncc(C(C)(C)O)c2)c2n1C[C@@](NCc1ccc(-n3cnnc3)cc1Cl)(c1ccccc1)CC2. The van der Waals surface area contributed by atoms with Crippen LogP contribution in [0.4, 0.5) is 0 Å². The summed E-state index contributed by atoms with van der Waals surface area (Å²) in [5.41, 5.74) is 9.45. The fourth-order valence-corrected chi connectivity index (χ4v) is 6.60. The van der Waals surface area contributed by atoms with E-state index in [1.54, 1.807) is 32.7 Å². The maximum atomic E-state index is 10.8. The molecule has 2 N–H and O–H groups in total. The molecule has 1 aliphatic rings. The molecule has 1 aliphatic heterocycles. The zero-order valence-corrected chi connectivity index (χ0v) is 27.0. The number of benzene rings is 2. The fourth-order valence-electron chi connectivity index (χ4n) is 6.36. The summed E-state index contributed by atoms with van der Waals surface area (Å²) in [6.07, 6.45) is 13.0. The summed E-state index contributed by atoms with van der Waals surface area (Å²) >= 11 is 6.83. The van der Waals surface area contributed by atoms with Crippen molar-refractivity contribution in [2.75, 3.05) is 0 Å². The Kier molecular flexibility index (Phi) is 8.35. The quantitative estimate of drug-likeness (QED) is 0.167. The Balaban J connectivity index is 1.42. The van der Waals surface area contributed by atoms with Gasteiger partial charge in [0.25, 0.3) is 0 Å². The third-order valence-electron chi connectivity index (χ3n) is 8.84. The van der Waals surface area contributed by atoms with Crippen LogP contribution < -0.4 is 5.32 Å². The van der Waals surface area contributed by atoms with Gasteiger partial charge in [0.2, 0.25) is 0 Å². The van der Waals surface area contributed by atoms with Crippen LogP contribution in [0.3, 0.4) is 0 Å². The average molecular weight is 619 g/mol. The topological polar surface area (TPSA) is 80.8 Å². The number of allylic oxidation sites excluding steroid dienone is 2. The Morgan fingerprint density at radius 2 is 1.87 bits per heavy atom. The molecule has 0 spiro atoms. The van der Waals surface area contributed by atoms with Gasteiger partial charge in [-0.2, -0.15) is 0 Å². The molecule has 3 aromatic heterocycles. The first kappa shape index (κ1) is 30.7. The average Bonchev–Trinajstić information content (AvgIpc) is 3.65. The zero-order chi connectivity index (χ0) is 31.8. The van der Waals surface area contributed by atoms with Crippen molar-refractivity contribution in [1.82, 2.24) is 29.6 Å². The third kappa shape index (κ3) is 6.16. The number of halogens is 1. The monoisotopic (exact) mass is 618 g/mol. The van der Waals surface area contributed by atoms with E-state index < -0.39 is 5.60 Å². The van der Waals surface area contributed by atoms with Gasteiger partial charge in [-0.3, -0.25) is 9.55 Å². The van der Waals surface area contributed by atoms with Crippen LogP contribution in [0.1, 0.15) is 60.8 Å². The first-order valence-corrected chi connectivity index (χ1v) is 15.6. The van der Waals surface area contributed by atoms with Crippen LogP contribution in [-0.4, -0.2) is 29.4 Å². The fraction of sp³-hybridized carbons (Fsp3) is 0.270. The van der Waals surface area contributed by atoms with Crippen molar-refractivity contribution < 1.29 is 5.11 Å². The molecule has 5 aromatic rings.